The standard InChI is InChI=1S/C15H24N2O2/c1-3-15(8-9-16-11-15)14(18)17-12(2)6-7-13-5-4-10-19-13/h4-5,10,12,16H,3,6-9,11H2,1-2H3,(H,17,18). The summed E-state index contributed by atoms with van der Waals surface area (Å²) in [6.07, 6.45) is 5.31. The van der Waals surface area contributed by atoms with Crippen molar-refractivity contribution in [2.75, 3.05) is 13.1 Å². The van der Waals surface area contributed by atoms with Crippen LogP contribution in [0, 0.1) is 5.41 Å². The largest absolute Gasteiger partial charge is 0.469 e. The summed E-state index contributed by atoms with van der Waals surface area (Å²) >= 11 is 0. The van der Waals surface area contributed by atoms with Gasteiger partial charge in [-0.1, -0.05) is 6.92 Å². The fourth-order valence-electron chi connectivity index (χ4n) is 2.66. The quantitative estimate of drug-likeness (QED) is 0.827. The molecule has 1 amide bonds. The third kappa shape index (κ3) is 3.38. The van der Waals surface area contributed by atoms with E-state index in [1.54, 1.807) is 6.26 Å². The van der Waals surface area contributed by atoms with Crippen molar-refractivity contribution < 1.29 is 9.21 Å². The van der Waals surface area contributed by atoms with Gasteiger partial charge in [0, 0.05) is 19.0 Å². The molecule has 2 N–H and O–H groups in total. The number of carbonyl (C=O) groups excluding carboxylic acids is 1. The van der Waals surface area contributed by atoms with Gasteiger partial charge in [-0.2, -0.15) is 0 Å². The molecule has 106 valence electrons. The third-order valence-electron chi connectivity index (χ3n) is 4.18. The number of carbonyl (C=O) groups is 1. The van der Waals surface area contributed by atoms with Crippen LogP contribution in [0.15, 0.2) is 22.8 Å². The molecule has 2 rings (SSSR count). The Labute approximate surface area is 114 Å². The molecule has 19 heavy (non-hydrogen) atoms. The van der Waals surface area contributed by atoms with Crippen LogP contribution in [0.25, 0.3) is 0 Å². The first-order chi connectivity index (χ1) is 9.16. The van der Waals surface area contributed by atoms with Crippen molar-refractivity contribution in [3.8, 4) is 0 Å². The van der Waals surface area contributed by atoms with E-state index in [-0.39, 0.29) is 17.4 Å². The lowest BCUT2D eigenvalue weighted by Gasteiger charge is -2.27. The fraction of sp³-hybridized carbons (Fsp3) is 0.667. The van der Waals surface area contributed by atoms with Crippen LogP contribution in [0.2, 0.25) is 0 Å². The maximum atomic E-state index is 12.4. The summed E-state index contributed by atoms with van der Waals surface area (Å²) < 4.78 is 5.31. The molecule has 0 aliphatic carbocycles. The Morgan fingerprint density at radius 2 is 2.47 bits per heavy atom. The van der Waals surface area contributed by atoms with Crippen molar-refractivity contribution in [2.24, 2.45) is 5.41 Å². The van der Waals surface area contributed by atoms with E-state index in [2.05, 4.69) is 24.5 Å². The van der Waals surface area contributed by atoms with Crippen molar-refractivity contribution in [3.63, 3.8) is 0 Å². The number of hydrogen-bond donors (Lipinski definition) is 2. The van der Waals surface area contributed by atoms with Gasteiger partial charge in [0.25, 0.3) is 0 Å². The van der Waals surface area contributed by atoms with Gasteiger partial charge in [-0.15, -0.1) is 0 Å². The number of nitrogens with one attached hydrogen (secondary N) is 2. The normalized spacial score (nSPS) is 24.3. The number of rotatable bonds is 6. The smallest absolute Gasteiger partial charge is 0.227 e. The highest BCUT2D eigenvalue weighted by Gasteiger charge is 2.39. The number of amides is 1. The summed E-state index contributed by atoms with van der Waals surface area (Å²) in [6, 6.07) is 4.05. The molecule has 1 aliphatic rings. The Bertz CT molecular complexity index is 394. The van der Waals surface area contributed by atoms with Crippen molar-refractivity contribution in [2.45, 2.75) is 45.6 Å². The topological polar surface area (TPSA) is 54.3 Å². The summed E-state index contributed by atoms with van der Waals surface area (Å²) in [4.78, 5) is 12.4. The van der Waals surface area contributed by atoms with Gasteiger partial charge in [0.15, 0.2) is 0 Å². The predicted molar refractivity (Wildman–Crippen MR) is 74.8 cm³/mol. The lowest BCUT2D eigenvalue weighted by molar-refractivity contribution is -0.131. The van der Waals surface area contributed by atoms with Gasteiger partial charge >= 0.3 is 0 Å². The molecule has 2 heterocycles. The van der Waals surface area contributed by atoms with Crippen molar-refractivity contribution in [1.29, 1.82) is 0 Å². The summed E-state index contributed by atoms with van der Waals surface area (Å²) in [6.45, 7) is 5.91. The van der Waals surface area contributed by atoms with E-state index in [4.69, 9.17) is 4.42 Å². The second-order valence-electron chi connectivity index (χ2n) is 5.55. The molecule has 0 saturated carbocycles. The second-order valence-corrected chi connectivity index (χ2v) is 5.55. The Morgan fingerprint density at radius 3 is 3.05 bits per heavy atom. The SMILES string of the molecule is CCC1(C(=O)NC(C)CCc2ccco2)CCNC1. The highest BCUT2D eigenvalue weighted by Crippen LogP contribution is 2.29. The van der Waals surface area contributed by atoms with Crippen LogP contribution in [0.1, 0.15) is 38.9 Å². The van der Waals surface area contributed by atoms with Crippen LogP contribution in [0.4, 0.5) is 0 Å². The van der Waals surface area contributed by atoms with Crippen LogP contribution in [-0.4, -0.2) is 25.0 Å². The zero-order valence-corrected chi connectivity index (χ0v) is 11.9. The van der Waals surface area contributed by atoms with E-state index in [0.29, 0.717) is 0 Å². The second kappa shape index (κ2) is 6.24. The molecule has 4 nitrogen and oxygen atoms in total. The molecule has 2 unspecified atom stereocenters. The minimum absolute atomic E-state index is 0.182. The molecular weight excluding hydrogens is 240 g/mol. The lowest BCUT2D eigenvalue weighted by atomic mass is 9.83. The van der Waals surface area contributed by atoms with Gasteiger partial charge in [0.1, 0.15) is 5.76 Å². The number of aryl methyl sites for hydroxylation is 1. The summed E-state index contributed by atoms with van der Waals surface area (Å²) in [5.74, 6) is 1.18. The Morgan fingerprint density at radius 1 is 1.63 bits per heavy atom. The molecule has 1 aliphatic heterocycles. The molecular formula is C15H24N2O2. The lowest BCUT2D eigenvalue weighted by Crippen LogP contribution is -2.45. The van der Waals surface area contributed by atoms with E-state index in [1.807, 2.05) is 12.1 Å². The van der Waals surface area contributed by atoms with Crippen LogP contribution >= 0.6 is 0 Å². The van der Waals surface area contributed by atoms with Gasteiger partial charge in [-0.3, -0.25) is 4.79 Å². The van der Waals surface area contributed by atoms with E-state index >= 15 is 0 Å². The molecule has 1 aromatic rings. The molecule has 1 saturated heterocycles. The van der Waals surface area contributed by atoms with Gasteiger partial charge in [-0.25, -0.2) is 0 Å². The maximum absolute atomic E-state index is 12.4. The first kappa shape index (κ1) is 14.1. The molecule has 1 fully saturated rings. The van der Waals surface area contributed by atoms with Crippen molar-refractivity contribution >= 4 is 5.91 Å². The van der Waals surface area contributed by atoms with Crippen molar-refractivity contribution in [3.05, 3.63) is 24.2 Å². The molecule has 4 heteroatoms. The fourth-order valence-corrected chi connectivity index (χ4v) is 2.66. The Hall–Kier alpha value is -1.29. The molecule has 0 radical (unpaired) electrons. The minimum atomic E-state index is -0.195. The molecule has 0 spiro atoms. The number of hydrogen-bond acceptors (Lipinski definition) is 3. The van der Waals surface area contributed by atoms with Crippen molar-refractivity contribution in [1.82, 2.24) is 10.6 Å². The first-order valence-corrected chi connectivity index (χ1v) is 7.20. The zero-order chi connectivity index (χ0) is 13.7. The average molecular weight is 264 g/mol. The monoisotopic (exact) mass is 264 g/mol. The molecule has 1 aromatic heterocycles. The summed E-state index contributed by atoms with van der Waals surface area (Å²) in [7, 11) is 0. The van der Waals surface area contributed by atoms with Crippen LogP contribution < -0.4 is 10.6 Å². The number of furan rings is 1. The van der Waals surface area contributed by atoms with Gasteiger partial charge in [-0.05, 0) is 44.9 Å². The zero-order valence-electron chi connectivity index (χ0n) is 11.9. The Kier molecular flexibility index (Phi) is 4.64. The van der Waals surface area contributed by atoms with Gasteiger partial charge < -0.3 is 15.1 Å². The van der Waals surface area contributed by atoms with Gasteiger partial charge in [0.05, 0.1) is 11.7 Å². The third-order valence-corrected chi connectivity index (χ3v) is 4.18. The van der Waals surface area contributed by atoms with E-state index in [9.17, 15) is 4.79 Å². The highest BCUT2D eigenvalue weighted by molar-refractivity contribution is 5.83. The minimum Gasteiger partial charge on any atom is -0.469 e. The van der Waals surface area contributed by atoms with Crippen LogP contribution in [0.5, 0.6) is 0 Å². The maximum Gasteiger partial charge on any atom is 0.227 e. The predicted octanol–water partition coefficient (Wildman–Crippen LogP) is 2.11. The molecule has 2 atom stereocenters. The van der Waals surface area contributed by atoms with E-state index < -0.39 is 0 Å². The van der Waals surface area contributed by atoms with Crippen LogP contribution in [-0.2, 0) is 11.2 Å². The first-order valence-electron chi connectivity index (χ1n) is 7.20. The molecule has 0 aromatic carbocycles. The van der Waals surface area contributed by atoms with E-state index in [0.717, 1.165) is 44.5 Å². The summed E-state index contributed by atoms with van der Waals surface area (Å²) in [5.41, 5.74) is -0.195. The van der Waals surface area contributed by atoms with Crippen LogP contribution in [0.3, 0.4) is 0 Å². The van der Waals surface area contributed by atoms with E-state index in [1.165, 1.54) is 0 Å². The summed E-state index contributed by atoms with van der Waals surface area (Å²) in [5, 5.41) is 6.45. The highest BCUT2D eigenvalue weighted by atomic mass is 16.3. The van der Waals surface area contributed by atoms with Gasteiger partial charge in [0.2, 0.25) is 5.91 Å². The Balaban J connectivity index is 1.81. The average Bonchev–Trinajstić information content (AvgIpc) is 3.08. The molecule has 0 bridgehead atoms.